The van der Waals surface area contributed by atoms with Crippen molar-refractivity contribution in [3.8, 4) is 5.75 Å². The molecule has 0 aromatic heterocycles. The third kappa shape index (κ3) is 4.16. The molecule has 0 saturated carbocycles. The Balaban J connectivity index is 1.87. The Bertz CT molecular complexity index is 793. The molecular formula is C16H20N2O5S2. The molecule has 0 unspecified atom stereocenters. The van der Waals surface area contributed by atoms with Gasteiger partial charge >= 0.3 is 0 Å². The highest BCUT2D eigenvalue weighted by molar-refractivity contribution is 8.15. The molecule has 0 N–H and O–H groups in total. The van der Waals surface area contributed by atoms with Crippen molar-refractivity contribution in [2.45, 2.75) is 17.8 Å². The van der Waals surface area contributed by atoms with Gasteiger partial charge in [-0.05, 0) is 17.7 Å². The van der Waals surface area contributed by atoms with Gasteiger partial charge in [0.05, 0.1) is 24.7 Å². The van der Waals surface area contributed by atoms with E-state index in [1.54, 1.807) is 7.11 Å². The lowest BCUT2D eigenvalue weighted by atomic mass is 10.1. The van der Waals surface area contributed by atoms with Gasteiger partial charge in [0.25, 0.3) is 5.91 Å². The van der Waals surface area contributed by atoms with E-state index in [-0.39, 0.29) is 35.3 Å². The number of fused-ring (bicyclic) bond motifs is 1. The van der Waals surface area contributed by atoms with Crippen molar-refractivity contribution < 1.29 is 22.7 Å². The molecule has 2 saturated heterocycles. The predicted molar refractivity (Wildman–Crippen MR) is 96.7 cm³/mol. The lowest BCUT2D eigenvalue weighted by Gasteiger charge is -2.24. The van der Waals surface area contributed by atoms with Gasteiger partial charge in [-0.15, -0.1) is 0 Å². The monoisotopic (exact) mass is 384 g/mol. The first-order chi connectivity index (χ1) is 11.9. The van der Waals surface area contributed by atoms with Gasteiger partial charge in [0.15, 0.2) is 15.0 Å². The van der Waals surface area contributed by atoms with Gasteiger partial charge in [-0.3, -0.25) is 4.79 Å². The highest BCUT2D eigenvalue weighted by Crippen LogP contribution is 2.39. The van der Waals surface area contributed by atoms with Crippen LogP contribution < -0.4 is 4.74 Å². The fourth-order valence-corrected chi connectivity index (χ4v) is 7.02. The number of carbonyl (C=O) groups excluding carboxylic acids is 1. The molecule has 7 nitrogen and oxygen atoms in total. The standard InChI is InChI=1S/C16H20N2O5S2/c1-22-8-15(19)17-16-18(7-11-4-3-5-12(6-11)23-2)13-9-25(20,21)10-14(13)24-16/h3-6,13-14H,7-10H2,1-2H3/t13-,14+/m0/s1. The number of nitrogens with zero attached hydrogens (tertiary/aromatic N) is 2. The minimum absolute atomic E-state index is 0.0894. The Morgan fingerprint density at radius 2 is 2.16 bits per heavy atom. The first kappa shape index (κ1) is 18.2. The van der Waals surface area contributed by atoms with Gasteiger partial charge in [0, 0.05) is 18.9 Å². The molecule has 2 aliphatic heterocycles. The number of benzene rings is 1. The van der Waals surface area contributed by atoms with E-state index in [0.717, 1.165) is 11.3 Å². The summed E-state index contributed by atoms with van der Waals surface area (Å²) in [6, 6.07) is 7.40. The predicted octanol–water partition coefficient (Wildman–Crippen LogP) is 0.939. The minimum atomic E-state index is -3.06. The second-order valence-electron chi connectivity index (χ2n) is 6.00. The summed E-state index contributed by atoms with van der Waals surface area (Å²) in [6.45, 7) is 0.380. The van der Waals surface area contributed by atoms with Crippen molar-refractivity contribution in [1.82, 2.24) is 4.90 Å². The number of amidine groups is 1. The number of methoxy groups -OCH3 is 2. The largest absolute Gasteiger partial charge is 0.497 e. The summed E-state index contributed by atoms with van der Waals surface area (Å²) in [6.07, 6.45) is 0. The number of carbonyl (C=O) groups is 1. The number of aliphatic imine (C=N–C) groups is 1. The Hall–Kier alpha value is -1.58. The number of ether oxygens (including phenoxy) is 2. The Labute approximate surface area is 151 Å². The van der Waals surface area contributed by atoms with E-state index in [0.29, 0.717) is 11.7 Å². The number of hydrogen-bond donors (Lipinski definition) is 0. The summed E-state index contributed by atoms with van der Waals surface area (Å²) >= 11 is 1.36. The molecule has 2 fully saturated rings. The molecule has 2 aliphatic rings. The van der Waals surface area contributed by atoms with Crippen LogP contribution in [0.4, 0.5) is 0 Å². The van der Waals surface area contributed by atoms with Crippen molar-refractivity contribution in [3.05, 3.63) is 29.8 Å². The minimum Gasteiger partial charge on any atom is -0.497 e. The lowest BCUT2D eigenvalue weighted by Crippen LogP contribution is -2.37. The molecule has 0 aliphatic carbocycles. The van der Waals surface area contributed by atoms with Gasteiger partial charge < -0.3 is 14.4 Å². The second-order valence-corrected chi connectivity index (χ2v) is 9.36. The molecule has 0 radical (unpaired) electrons. The van der Waals surface area contributed by atoms with Gasteiger partial charge in [-0.2, -0.15) is 4.99 Å². The third-order valence-corrected chi connectivity index (χ3v) is 7.40. The van der Waals surface area contributed by atoms with Crippen LogP contribution in [0.15, 0.2) is 29.3 Å². The van der Waals surface area contributed by atoms with Crippen molar-refractivity contribution in [2.75, 3.05) is 32.3 Å². The van der Waals surface area contributed by atoms with E-state index in [2.05, 4.69) is 4.99 Å². The quantitative estimate of drug-likeness (QED) is 0.747. The zero-order valence-corrected chi connectivity index (χ0v) is 15.7. The van der Waals surface area contributed by atoms with Crippen LogP contribution >= 0.6 is 11.8 Å². The van der Waals surface area contributed by atoms with E-state index >= 15 is 0 Å². The highest BCUT2D eigenvalue weighted by Gasteiger charge is 2.48. The molecule has 1 amide bonds. The summed E-state index contributed by atoms with van der Waals surface area (Å²) in [4.78, 5) is 17.9. The van der Waals surface area contributed by atoms with E-state index in [9.17, 15) is 13.2 Å². The highest BCUT2D eigenvalue weighted by atomic mass is 32.2. The van der Waals surface area contributed by atoms with E-state index in [1.165, 1.54) is 18.9 Å². The SMILES string of the molecule is COCC(=O)N=C1S[C@@H]2CS(=O)(=O)C[C@@H]2N1Cc1cccc(OC)c1. The molecule has 9 heteroatoms. The van der Waals surface area contributed by atoms with Crippen molar-refractivity contribution >= 4 is 32.7 Å². The topological polar surface area (TPSA) is 85.3 Å². The molecule has 1 aromatic carbocycles. The Morgan fingerprint density at radius 1 is 1.36 bits per heavy atom. The Morgan fingerprint density at radius 3 is 2.88 bits per heavy atom. The van der Waals surface area contributed by atoms with Gasteiger partial charge in [-0.25, -0.2) is 8.42 Å². The molecule has 3 rings (SSSR count). The third-order valence-electron chi connectivity index (χ3n) is 4.15. The summed E-state index contributed by atoms with van der Waals surface area (Å²) < 4.78 is 34.0. The van der Waals surface area contributed by atoms with Crippen molar-refractivity contribution in [3.63, 3.8) is 0 Å². The zero-order valence-electron chi connectivity index (χ0n) is 14.0. The van der Waals surface area contributed by atoms with Crippen LogP contribution in [-0.2, 0) is 25.9 Å². The summed E-state index contributed by atoms with van der Waals surface area (Å²) in [5, 5.41) is 0.472. The molecular weight excluding hydrogens is 364 g/mol. The molecule has 1 aromatic rings. The van der Waals surface area contributed by atoms with E-state index < -0.39 is 9.84 Å². The number of amides is 1. The first-order valence-electron chi connectivity index (χ1n) is 7.79. The number of rotatable bonds is 5. The number of sulfone groups is 1. The van der Waals surface area contributed by atoms with Gasteiger partial charge in [-0.1, -0.05) is 23.9 Å². The van der Waals surface area contributed by atoms with Crippen LogP contribution in [-0.4, -0.2) is 68.0 Å². The average Bonchev–Trinajstić information content (AvgIpc) is 3.01. The normalized spacial score (nSPS) is 26.0. The maximum absolute atomic E-state index is 12.0. The van der Waals surface area contributed by atoms with Gasteiger partial charge in [0.1, 0.15) is 12.4 Å². The van der Waals surface area contributed by atoms with E-state index in [1.807, 2.05) is 29.2 Å². The van der Waals surface area contributed by atoms with Gasteiger partial charge in [0.2, 0.25) is 0 Å². The molecule has 25 heavy (non-hydrogen) atoms. The molecule has 0 spiro atoms. The molecule has 2 heterocycles. The van der Waals surface area contributed by atoms with Crippen LogP contribution in [0.5, 0.6) is 5.75 Å². The van der Waals surface area contributed by atoms with Crippen molar-refractivity contribution in [2.24, 2.45) is 4.99 Å². The van der Waals surface area contributed by atoms with E-state index in [4.69, 9.17) is 9.47 Å². The van der Waals surface area contributed by atoms with Crippen LogP contribution in [0.1, 0.15) is 5.56 Å². The molecule has 136 valence electrons. The molecule has 2 atom stereocenters. The first-order valence-corrected chi connectivity index (χ1v) is 10.5. The average molecular weight is 384 g/mol. The number of thioether (sulfide) groups is 1. The van der Waals surface area contributed by atoms with Crippen molar-refractivity contribution in [1.29, 1.82) is 0 Å². The van der Waals surface area contributed by atoms with Crippen LogP contribution in [0.2, 0.25) is 0 Å². The Kier molecular flexibility index (Phi) is 5.35. The fourth-order valence-electron chi connectivity index (χ4n) is 3.05. The summed E-state index contributed by atoms with van der Waals surface area (Å²) in [5.74, 6) is 0.568. The summed E-state index contributed by atoms with van der Waals surface area (Å²) in [5.41, 5.74) is 0.969. The maximum Gasteiger partial charge on any atom is 0.274 e. The second kappa shape index (κ2) is 7.35. The van der Waals surface area contributed by atoms with Crippen LogP contribution in [0.25, 0.3) is 0 Å². The van der Waals surface area contributed by atoms with Crippen LogP contribution in [0, 0.1) is 0 Å². The maximum atomic E-state index is 12.0. The number of hydrogen-bond acceptors (Lipinski definition) is 6. The smallest absolute Gasteiger partial charge is 0.274 e. The molecule has 0 bridgehead atoms. The lowest BCUT2D eigenvalue weighted by molar-refractivity contribution is -0.121. The van der Waals surface area contributed by atoms with Crippen LogP contribution in [0.3, 0.4) is 0 Å². The fraction of sp³-hybridized carbons (Fsp3) is 0.500. The summed E-state index contributed by atoms with van der Waals surface area (Å²) in [7, 11) is -0.0199. The zero-order chi connectivity index (χ0) is 18.0.